The van der Waals surface area contributed by atoms with Gasteiger partial charge in [0, 0.05) is 35.4 Å². The fourth-order valence-electron chi connectivity index (χ4n) is 2.77. The largest absolute Gasteiger partial charge is 0.493 e. The first kappa shape index (κ1) is 18.5. The van der Waals surface area contributed by atoms with E-state index in [1.165, 1.54) is 26.4 Å². The van der Waals surface area contributed by atoms with Gasteiger partial charge in [-0.2, -0.15) is 0 Å². The number of nitrogens with one attached hydrogen (secondary N) is 1. The number of nitrogens with zero attached hydrogens (tertiary/aromatic N) is 1. The Morgan fingerprint density at radius 1 is 1.22 bits per heavy atom. The maximum atomic E-state index is 12.5. The number of non-ortho nitro benzene ring substituents is 1. The van der Waals surface area contributed by atoms with Crippen LogP contribution in [0, 0.1) is 10.1 Å². The summed E-state index contributed by atoms with van der Waals surface area (Å²) in [6.45, 7) is 0.340. The topological polar surface area (TPSA) is 109 Å². The summed E-state index contributed by atoms with van der Waals surface area (Å²) in [5, 5.41) is 13.9. The molecule has 0 saturated carbocycles. The van der Waals surface area contributed by atoms with Crippen molar-refractivity contribution in [3.05, 3.63) is 57.1 Å². The molecule has 1 heterocycles. The highest BCUT2D eigenvalue weighted by Gasteiger charge is 2.21. The number of rotatable bonds is 6. The van der Waals surface area contributed by atoms with E-state index in [0.717, 1.165) is 0 Å². The summed E-state index contributed by atoms with van der Waals surface area (Å²) in [5.74, 6) is 1.08. The summed E-state index contributed by atoms with van der Waals surface area (Å²) in [7, 11) is 2.99. The lowest BCUT2D eigenvalue weighted by atomic mass is 10.1. The molecule has 0 bridgehead atoms. The number of nitro benzene ring substituents is 1. The number of amides is 1. The smallest absolute Gasteiger partial charge is 0.270 e. The number of methoxy groups -OCH3 is 2. The number of ether oxygens (including phenoxy) is 4. The van der Waals surface area contributed by atoms with Crippen LogP contribution in [0.5, 0.6) is 17.2 Å². The van der Waals surface area contributed by atoms with E-state index < -0.39 is 4.92 Å². The van der Waals surface area contributed by atoms with Crippen molar-refractivity contribution in [1.29, 1.82) is 0 Å². The predicted molar refractivity (Wildman–Crippen MR) is 94.1 cm³/mol. The van der Waals surface area contributed by atoms with Crippen LogP contribution in [-0.2, 0) is 17.9 Å². The predicted octanol–water partition coefficient (Wildman–Crippen LogP) is 2.41. The van der Waals surface area contributed by atoms with Crippen molar-refractivity contribution in [2.24, 2.45) is 0 Å². The summed E-state index contributed by atoms with van der Waals surface area (Å²) >= 11 is 0. The van der Waals surface area contributed by atoms with Crippen LogP contribution in [0.1, 0.15) is 21.5 Å². The molecule has 9 heteroatoms. The Balaban J connectivity index is 1.81. The zero-order valence-corrected chi connectivity index (χ0v) is 14.8. The lowest BCUT2D eigenvalue weighted by Gasteiger charge is -2.20. The van der Waals surface area contributed by atoms with Gasteiger partial charge in [-0.05, 0) is 18.2 Å². The molecular weight excluding hydrogens is 356 g/mol. The highest BCUT2D eigenvalue weighted by molar-refractivity contribution is 5.94. The van der Waals surface area contributed by atoms with E-state index in [-0.39, 0.29) is 31.5 Å². The molecule has 0 radical (unpaired) electrons. The number of hydrogen-bond donors (Lipinski definition) is 1. The second-order valence-corrected chi connectivity index (χ2v) is 5.71. The molecule has 1 amide bonds. The Bertz CT molecular complexity index is 882. The number of fused-ring (bicyclic) bond motifs is 1. The van der Waals surface area contributed by atoms with Gasteiger partial charge in [-0.1, -0.05) is 0 Å². The van der Waals surface area contributed by atoms with E-state index in [9.17, 15) is 14.9 Å². The minimum atomic E-state index is -0.492. The molecular formula is C18H18N2O7. The molecule has 2 aromatic carbocycles. The third-order valence-electron chi connectivity index (χ3n) is 4.07. The molecule has 9 nitrogen and oxygen atoms in total. The molecule has 0 fully saturated rings. The SMILES string of the molecule is COc1ccc(C(=O)NCc2cc([N+](=O)[O-])cc3c2OCOC3)cc1OC. The Labute approximate surface area is 154 Å². The zero-order valence-electron chi connectivity index (χ0n) is 14.8. The molecule has 27 heavy (non-hydrogen) atoms. The maximum Gasteiger partial charge on any atom is 0.270 e. The van der Waals surface area contributed by atoms with Gasteiger partial charge >= 0.3 is 0 Å². The van der Waals surface area contributed by atoms with Gasteiger partial charge in [0.05, 0.1) is 25.7 Å². The van der Waals surface area contributed by atoms with E-state index in [1.54, 1.807) is 18.2 Å². The van der Waals surface area contributed by atoms with Crippen LogP contribution in [0.2, 0.25) is 0 Å². The van der Waals surface area contributed by atoms with Gasteiger partial charge in [0.2, 0.25) is 0 Å². The second-order valence-electron chi connectivity index (χ2n) is 5.71. The van der Waals surface area contributed by atoms with E-state index in [4.69, 9.17) is 18.9 Å². The monoisotopic (exact) mass is 374 g/mol. The second kappa shape index (κ2) is 7.92. The molecule has 1 aliphatic rings. The van der Waals surface area contributed by atoms with Crippen LogP contribution in [0.4, 0.5) is 5.69 Å². The van der Waals surface area contributed by atoms with Crippen LogP contribution >= 0.6 is 0 Å². The summed E-state index contributed by atoms with van der Waals surface area (Å²) in [4.78, 5) is 23.1. The molecule has 0 unspecified atom stereocenters. The van der Waals surface area contributed by atoms with Gasteiger partial charge < -0.3 is 24.3 Å². The molecule has 3 rings (SSSR count). The molecule has 0 spiro atoms. The van der Waals surface area contributed by atoms with Gasteiger partial charge in [-0.25, -0.2) is 0 Å². The average molecular weight is 374 g/mol. The van der Waals surface area contributed by atoms with E-state index in [2.05, 4.69) is 5.32 Å². The van der Waals surface area contributed by atoms with Crippen molar-refractivity contribution >= 4 is 11.6 Å². The van der Waals surface area contributed by atoms with E-state index in [1.807, 2.05) is 0 Å². The van der Waals surface area contributed by atoms with Crippen LogP contribution in [-0.4, -0.2) is 31.8 Å². The van der Waals surface area contributed by atoms with Crippen molar-refractivity contribution in [2.45, 2.75) is 13.2 Å². The summed E-state index contributed by atoms with van der Waals surface area (Å²) in [5.41, 5.74) is 1.37. The molecule has 0 saturated heterocycles. The normalized spacial score (nSPS) is 12.5. The first-order chi connectivity index (χ1) is 13.0. The van der Waals surface area contributed by atoms with Gasteiger partial charge in [-0.15, -0.1) is 0 Å². The van der Waals surface area contributed by atoms with Crippen LogP contribution in [0.3, 0.4) is 0 Å². The lowest BCUT2D eigenvalue weighted by Crippen LogP contribution is -2.24. The van der Waals surface area contributed by atoms with E-state index in [0.29, 0.717) is 33.9 Å². The van der Waals surface area contributed by atoms with Crippen molar-refractivity contribution in [3.8, 4) is 17.2 Å². The summed E-state index contributed by atoms with van der Waals surface area (Å²) in [6.07, 6.45) is 0. The quantitative estimate of drug-likeness (QED) is 0.611. The molecule has 2 aromatic rings. The number of benzene rings is 2. The molecule has 0 aliphatic carbocycles. The number of carbonyl (C=O) groups is 1. The Morgan fingerprint density at radius 3 is 2.70 bits per heavy atom. The van der Waals surface area contributed by atoms with Gasteiger partial charge in [-0.3, -0.25) is 14.9 Å². The third kappa shape index (κ3) is 3.93. The third-order valence-corrected chi connectivity index (χ3v) is 4.07. The molecule has 0 aromatic heterocycles. The van der Waals surface area contributed by atoms with Crippen molar-refractivity contribution in [3.63, 3.8) is 0 Å². The van der Waals surface area contributed by atoms with Crippen LogP contribution in [0.25, 0.3) is 0 Å². The van der Waals surface area contributed by atoms with Gasteiger partial charge in [0.25, 0.3) is 11.6 Å². The zero-order chi connectivity index (χ0) is 19.4. The Morgan fingerprint density at radius 2 is 2.00 bits per heavy atom. The first-order valence-corrected chi connectivity index (χ1v) is 8.04. The minimum Gasteiger partial charge on any atom is -0.493 e. The minimum absolute atomic E-state index is 0.0570. The summed E-state index contributed by atoms with van der Waals surface area (Å²) < 4.78 is 21.0. The van der Waals surface area contributed by atoms with Gasteiger partial charge in [0.15, 0.2) is 18.3 Å². The van der Waals surface area contributed by atoms with E-state index >= 15 is 0 Å². The maximum absolute atomic E-state index is 12.5. The fraction of sp³-hybridized carbons (Fsp3) is 0.278. The fourth-order valence-corrected chi connectivity index (χ4v) is 2.77. The van der Waals surface area contributed by atoms with Crippen molar-refractivity contribution in [2.75, 3.05) is 21.0 Å². The number of hydrogen-bond acceptors (Lipinski definition) is 7. The number of nitro groups is 1. The first-order valence-electron chi connectivity index (χ1n) is 8.04. The highest BCUT2D eigenvalue weighted by Crippen LogP contribution is 2.33. The summed E-state index contributed by atoms with van der Waals surface area (Å²) in [6, 6.07) is 7.59. The standard InChI is InChI=1S/C18H18N2O7/c1-24-15-4-3-11(7-16(15)25-2)18(21)19-8-12-5-14(20(22)23)6-13-9-26-10-27-17(12)13/h3-7H,8-10H2,1-2H3,(H,19,21). The molecule has 1 N–H and O–H groups in total. The average Bonchev–Trinajstić information content (AvgIpc) is 2.70. The van der Waals surface area contributed by atoms with Crippen molar-refractivity contribution in [1.82, 2.24) is 5.32 Å². The van der Waals surface area contributed by atoms with Crippen LogP contribution < -0.4 is 19.5 Å². The highest BCUT2D eigenvalue weighted by atomic mass is 16.7. The van der Waals surface area contributed by atoms with Crippen molar-refractivity contribution < 1.29 is 28.7 Å². The Hall–Kier alpha value is -3.33. The van der Waals surface area contributed by atoms with Gasteiger partial charge in [0.1, 0.15) is 5.75 Å². The Kier molecular flexibility index (Phi) is 5.41. The molecule has 1 aliphatic heterocycles. The molecule has 142 valence electrons. The molecule has 0 atom stereocenters. The number of carbonyl (C=O) groups excluding carboxylic acids is 1. The van der Waals surface area contributed by atoms with Crippen LogP contribution in [0.15, 0.2) is 30.3 Å². The lowest BCUT2D eigenvalue weighted by molar-refractivity contribution is -0.385.